The number of morpholine rings is 1. The summed E-state index contributed by atoms with van der Waals surface area (Å²) in [6.07, 6.45) is 0. The number of aromatic nitrogens is 2. The third-order valence-electron chi connectivity index (χ3n) is 3.91. The molecule has 3 aromatic rings. The Balaban J connectivity index is 1.67. The van der Waals surface area contributed by atoms with Gasteiger partial charge in [-0.2, -0.15) is 0 Å². The number of nitrogens with zero attached hydrogens (tertiary/aromatic N) is 3. The molecule has 8 heteroatoms. The van der Waals surface area contributed by atoms with Crippen LogP contribution >= 0.6 is 0 Å². The van der Waals surface area contributed by atoms with E-state index >= 15 is 0 Å². The van der Waals surface area contributed by atoms with Crippen LogP contribution in [-0.2, 0) is 4.74 Å². The van der Waals surface area contributed by atoms with Gasteiger partial charge in [0.1, 0.15) is 17.4 Å². The Kier molecular flexibility index (Phi) is 3.53. The van der Waals surface area contributed by atoms with Gasteiger partial charge in [0.2, 0.25) is 11.8 Å². The van der Waals surface area contributed by atoms with Crippen molar-refractivity contribution in [3.05, 3.63) is 47.6 Å². The van der Waals surface area contributed by atoms with Crippen LogP contribution < -0.4 is 0 Å². The van der Waals surface area contributed by atoms with Crippen molar-refractivity contribution in [2.24, 2.45) is 0 Å². The maximum atomic E-state index is 13.3. The Morgan fingerprint density at radius 1 is 1.29 bits per heavy atom. The molecular formula is C16H14FN3O4. The minimum absolute atomic E-state index is 0.138. The Bertz CT molecular complexity index is 904. The Hall–Kier alpha value is -2.74. The molecular weight excluding hydrogens is 317 g/mol. The van der Waals surface area contributed by atoms with Gasteiger partial charge in [-0.25, -0.2) is 4.39 Å². The number of aryl methyl sites for hydroxylation is 1. The first kappa shape index (κ1) is 14.8. The summed E-state index contributed by atoms with van der Waals surface area (Å²) < 4.78 is 29.7. The minimum atomic E-state index is -0.475. The molecule has 0 N–H and O–H groups in total. The van der Waals surface area contributed by atoms with E-state index in [0.29, 0.717) is 35.9 Å². The average Bonchev–Trinajstić information content (AvgIpc) is 3.20. The van der Waals surface area contributed by atoms with Gasteiger partial charge in [-0.15, -0.1) is 10.2 Å². The van der Waals surface area contributed by atoms with Crippen LogP contribution in [0.4, 0.5) is 4.39 Å². The van der Waals surface area contributed by atoms with Gasteiger partial charge < -0.3 is 18.5 Å². The lowest BCUT2D eigenvalue weighted by Gasteiger charge is -2.32. The molecule has 4 rings (SSSR count). The second-order valence-electron chi connectivity index (χ2n) is 5.54. The summed E-state index contributed by atoms with van der Waals surface area (Å²) in [5, 5.41) is 8.32. The van der Waals surface area contributed by atoms with Crippen molar-refractivity contribution < 1.29 is 22.8 Å². The van der Waals surface area contributed by atoms with E-state index in [2.05, 4.69) is 10.2 Å². The topological polar surface area (TPSA) is 81.6 Å². The molecule has 24 heavy (non-hydrogen) atoms. The highest BCUT2D eigenvalue weighted by atomic mass is 19.1. The molecule has 2 aromatic heterocycles. The summed E-state index contributed by atoms with van der Waals surface area (Å²) >= 11 is 0. The number of fused-ring (bicyclic) bond motifs is 1. The maximum Gasteiger partial charge on any atom is 0.290 e. The maximum absolute atomic E-state index is 13.3. The van der Waals surface area contributed by atoms with Crippen molar-refractivity contribution in [3.8, 4) is 0 Å². The number of carbonyl (C=O) groups excluding carboxylic acids is 1. The van der Waals surface area contributed by atoms with E-state index in [4.69, 9.17) is 13.6 Å². The molecule has 1 aromatic carbocycles. The van der Waals surface area contributed by atoms with Crippen LogP contribution in [0, 0.1) is 12.7 Å². The molecule has 1 amide bonds. The van der Waals surface area contributed by atoms with Crippen molar-refractivity contribution in [1.29, 1.82) is 0 Å². The summed E-state index contributed by atoms with van der Waals surface area (Å²) in [4.78, 5) is 14.4. The summed E-state index contributed by atoms with van der Waals surface area (Å²) in [5.41, 5.74) is 0.457. The predicted octanol–water partition coefficient (Wildman–Crippen LogP) is 2.48. The Morgan fingerprint density at radius 2 is 2.17 bits per heavy atom. The average molecular weight is 331 g/mol. The first-order chi connectivity index (χ1) is 11.6. The number of halogens is 1. The Labute approximate surface area is 136 Å². The number of hydrogen-bond donors (Lipinski definition) is 0. The highest BCUT2D eigenvalue weighted by Crippen LogP contribution is 2.27. The lowest BCUT2D eigenvalue weighted by Crippen LogP contribution is -2.43. The van der Waals surface area contributed by atoms with E-state index in [-0.39, 0.29) is 24.1 Å². The molecule has 0 unspecified atom stereocenters. The third-order valence-corrected chi connectivity index (χ3v) is 3.91. The minimum Gasteiger partial charge on any atom is -0.451 e. The van der Waals surface area contributed by atoms with Gasteiger partial charge in [0.05, 0.1) is 13.2 Å². The predicted molar refractivity (Wildman–Crippen MR) is 79.8 cm³/mol. The fraction of sp³-hybridized carbons (Fsp3) is 0.312. The van der Waals surface area contributed by atoms with Crippen LogP contribution in [0.5, 0.6) is 0 Å². The van der Waals surface area contributed by atoms with Crippen molar-refractivity contribution in [1.82, 2.24) is 15.1 Å². The smallest absolute Gasteiger partial charge is 0.290 e. The van der Waals surface area contributed by atoms with Crippen LogP contribution in [0.2, 0.25) is 0 Å². The van der Waals surface area contributed by atoms with Crippen LogP contribution in [0.15, 0.2) is 33.1 Å². The quantitative estimate of drug-likeness (QED) is 0.717. The van der Waals surface area contributed by atoms with Crippen molar-refractivity contribution in [2.75, 3.05) is 19.8 Å². The van der Waals surface area contributed by atoms with Gasteiger partial charge in [-0.05, 0) is 24.3 Å². The SMILES string of the molecule is Cc1nnc([C@@H]2COCCN2C(=O)c2cc3cc(F)ccc3o2)o1. The molecule has 0 spiro atoms. The second kappa shape index (κ2) is 5.72. The standard InChI is InChI=1S/C16H14FN3O4/c1-9-18-19-15(23-9)12-8-22-5-4-20(12)16(21)14-7-10-6-11(17)2-3-13(10)24-14/h2-3,6-7,12H,4-5,8H2,1H3/t12-/m0/s1. The number of ether oxygens (including phenoxy) is 1. The normalized spacial score (nSPS) is 18.2. The first-order valence-corrected chi connectivity index (χ1v) is 7.49. The number of rotatable bonds is 2. The molecule has 3 heterocycles. The fourth-order valence-electron chi connectivity index (χ4n) is 2.76. The van der Waals surface area contributed by atoms with Gasteiger partial charge in [0, 0.05) is 18.9 Å². The number of benzene rings is 1. The molecule has 1 aliphatic rings. The summed E-state index contributed by atoms with van der Waals surface area (Å²) in [6, 6.07) is 5.18. The molecule has 124 valence electrons. The van der Waals surface area contributed by atoms with E-state index < -0.39 is 6.04 Å². The fourth-order valence-corrected chi connectivity index (χ4v) is 2.76. The third kappa shape index (κ3) is 2.54. The Morgan fingerprint density at radius 3 is 2.96 bits per heavy atom. The van der Waals surface area contributed by atoms with Crippen LogP contribution in [0.25, 0.3) is 11.0 Å². The molecule has 0 radical (unpaired) electrons. The monoisotopic (exact) mass is 331 g/mol. The largest absolute Gasteiger partial charge is 0.451 e. The second-order valence-corrected chi connectivity index (χ2v) is 5.54. The number of carbonyl (C=O) groups is 1. The molecule has 0 saturated carbocycles. The zero-order valence-corrected chi connectivity index (χ0v) is 12.9. The highest BCUT2D eigenvalue weighted by Gasteiger charge is 2.34. The number of furan rings is 1. The van der Waals surface area contributed by atoms with Crippen LogP contribution in [0.3, 0.4) is 0 Å². The molecule has 7 nitrogen and oxygen atoms in total. The van der Waals surface area contributed by atoms with Crippen molar-refractivity contribution >= 4 is 16.9 Å². The van der Waals surface area contributed by atoms with Gasteiger partial charge >= 0.3 is 0 Å². The zero-order valence-electron chi connectivity index (χ0n) is 12.9. The van der Waals surface area contributed by atoms with E-state index in [0.717, 1.165) is 0 Å². The first-order valence-electron chi connectivity index (χ1n) is 7.49. The lowest BCUT2D eigenvalue weighted by atomic mass is 10.2. The van der Waals surface area contributed by atoms with E-state index in [1.165, 1.54) is 24.3 Å². The highest BCUT2D eigenvalue weighted by molar-refractivity contribution is 5.96. The van der Waals surface area contributed by atoms with E-state index in [1.54, 1.807) is 11.8 Å². The van der Waals surface area contributed by atoms with E-state index in [9.17, 15) is 9.18 Å². The van der Waals surface area contributed by atoms with Gasteiger partial charge in [0.25, 0.3) is 5.91 Å². The molecule has 0 aliphatic carbocycles. The zero-order chi connectivity index (χ0) is 16.7. The molecule has 1 atom stereocenters. The summed E-state index contributed by atoms with van der Waals surface area (Å²) in [7, 11) is 0. The molecule has 0 bridgehead atoms. The lowest BCUT2D eigenvalue weighted by molar-refractivity contribution is -0.0120. The van der Waals surface area contributed by atoms with Gasteiger partial charge in [-0.1, -0.05) is 0 Å². The molecule has 1 saturated heterocycles. The molecule has 1 fully saturated rings. The molecule has 1 aliphatic heterocycles. The number of hydrogen-bond acceptors (Lipinski definition) is 6. The van der Waals surface area contributed by atoms with Gasteiger partial charge in [0.15, 0.2) is 5.76 Å². The van der Waals surface area contributed by atoms with Crippen molar-refractivity contribution in [2.45, 2.75) is 13.0 Å². The number of amides is 1. The van der Waals surface area contributed by atoms with E-state index in [1.807, 2.05) is 0 Å². The summed E-state index contributed by atoms with van der Waals surface area (Å²) in [5.74, 6) is 0.173. The van der Waals surface area contributed by atoms with Crippen LogP contribution in [-0.4, -0.2) is 40.8 Å². The van der Waals surface area contributed by atoms with Crippen LogP contribution in [0.1, 0.15) is 28.4 Å². The van der Waals surface area contributed by atoms with Crippen molar-refractivity contribution in [3.63, 3.8) is 0 Å². The van der Waals surface area contributed by atoms with Gasteiger partial charge in [-0.3, -0.25) is 4.79 Å². The summed E-state index contributed by atoms with van der Waals surface area (Å²) in [6.45, 7) is 2.73.